The van der Waals surface area contributed by atoms with Crippen molar-refractivity contribution in [2.75, 3.05) is 18.4 Å². The van der Waals surface area contributed by atoms with Crippen molar-refractivity contribution in [2.24, 2.45) is 5.92 Å². The molecule has 3 rings (SSSR count). The van der Waals surface area contributed by atoms with Crippen molar-refractivity contribution in [1.29, 1.82) is 0 Å². The summed E-state index contributed by atoms with van der Waals surface area (Å²) in [5.74, 6) is -1.21. The van der Waals surface area contributed by atoms with Crippen LogP contribution in [0.15, 0.2) is 47.4 Å². The molecule has 1 amide bonds. The third kappa shape index (κ3) is 5.12. The Morgan fingerprint density at radius 1 is 1.16 bits per heavy atom. The number of ether oxygens (including phenoxy) is 1. The molecule has 32 heavy (non-hydrogen) atoms. The number of hydrogen-bond donors (Lipinski definition) is 1. The van der Waals surface area contributed by atoms with Crippen LogP contribution in [0.3, 0.4) is 0 Å². The number of sulfonamides is 1. The summed E-state index contributed by atoms with van der Waals surface area (Å²) < 4.78 is 31.8. The normalized spacial score (nSPS) is 16.5. The van der Waals surface area contributed by atoms with Crippen LogP contribution >= 0.6 is 0 Å². The highest BCUT2D eigenvalue weighted by Gasteiger charge is 2.44. The zero-order valence-corrected chi connectivity index (χ0v) is 20.0. The molecule has 1 heterocycles. The van der Waals surface area contributed by atoms with Crippen molar-refractivity contribution < 1.29 is 22.7 Å². The molecule has 1 aliphatic rings. The molecule has 0 aliphatic carbocycles. The smallest absolute Gasteiger partial charge is 0.338 e. The zero-order chi connectivity index (χ0) is 23.7. The molecule has 1 aliphatic heterocycles. The topological polar surface area (TPSA) is 92.8 Å². The Kier molecular flexibility index (Phi) is 6.64. The first-order chi connectivity index (χ1) is 14.9. The lowest BCUT2D eigenvalue weighted by Crippen LogP contribution is -2.57. The van der Waals surface area contributed by atoms with Gasteiger partial charge in [0.15, 0.2) is 0 Å². The molecule has 0 radical (unpaired) electrons. The van der Waals surface area contributed by atoms with E-state index in [1.165, 1.54) is 12.1 Å². The second-order valence-electron chi connectivity index (χ2n) is 8.99. The molecule has 0 bridgehead atoms. The van der Waals surface area contributed by atoms with E-state index >= 15 is 0 Å². The maximum atomic E-state index is 12.7. The third-order valence-corrected chi connectivity index (χ3v) is 7.02. The summed E-state index contributed by atoms with van der Waals surface area (Å²) in [6.07, 6.45) is 0.648. The molecule has 0 aromatic heterocycles. The summed E-state index contributed by atoms with van der Waals surface area (Å²) in [5.41, 5.74) is 2.50. The van der Waals surface area contributed by atoms with Crippen LogP contribution in [0.2, 0.25) is 0 Å². The van der Waals surface area contributed by atoms with E-state index in [9.17, 15) is 18.0 Å². The Bertz CT molecular complexity index is 1120. The van der Waals surface area contributed by atoms with Crippen LogP contribution in [0.5, 0.6) is 0 Å². The average molecular weight is 459 g/mol. The molecule has 2 aromatic carbocycles. The lowest BCUT2D eigenvalue weighted by atomic mass is 10.0. The van der Waals surface area contributed by atoms with E-state index in [0.717, 1.165) is 21.1 Å². The summed E-state index contributed by atoms with van der Waals surface area (Å²) in [5, 5.41) is 3.19. The van der Waals surface area contributed by atoms with Gasteiger partial charge in [-0.25, -0.2) is 17.5 Å². The number of carbonyl (C=O) groups is 2. The van der Waals surface area contributed by atoms with E-state index < -0.39 is 27.4 Å². The minimum atomic E-state index is -3.82. The van der Waals surface area contributed by atoms with Crippen molar-refractivity contribution in [3.05, 3.63) is 59.2 Å². The summed E-state index contributed by atoms with van der Waals surface area (Å²) in [4.78, 5) is 25.1. The molecular weight excluding hydrogens is 428 g/mol. The van der Waals surface area contributed by atoms with Crippen LogP contribution in [0.4, 0.5) is 5.69 Å². The zero-order valence-electron chi connectivity index (χ0n) is 19.1. The van der Waals surface area contributed by atoms with Gasteiger partial charge in [0, 0.05) is 12.2 Å². The van der Waals surface area contributed by atoms with Gasteiger partial charge in [0.2, 0.25) is 5.91 Å². The maximum Gasteiger partial charge on any atom is 0.338 e. The maximum absolute atomic E-state index is 12.7. The van der Waals surface area contributed by atoms with Crippen LogP contribution in [0.25, 0.3) is 0 Å². The van der Waals surface area contributed by atoms with E-state index in [1.54, 1.807) is 24.3 Å². The lowest BCUT2D eigenvalue weighted by molar-refractivity contribution is -0.139. The largest absolute Gasteiger partial charge is 0.456 e. The van der Waals surface area contributed by atoms with Crippen molar-refractivity contribution in [3.8, 4) is 0 Å². The highest BCUT2D eigenvalue weighted by molar-refractivity contribution is 7.89. The molecule has 1 unspecified atom stereocenters. The second-order valence-corrected chi connectivity index (χ2v) is 10.9. The number of β-lactam (4-membered cyclic amide) rings is 1. The standard InChI is InChI=1S/C24H30N2O5S/c1-6-17-13-19(9-12-21(17)23(28)31-24(3,4)5)25-14-18-15-26(22(18)27)32(29,30)20-10-7-16(2)8-11-20/h7-13,18,25H,6,14-15H2,1-5H3. The van der Waals surface area contributed by atoms with E-state index in [1.807, 2.05) is 40.7 Å². The second kappa shape index (κ2) is 8.94. The Morgan fingerprint density at radius 2 is 1.81 bits per heavy atom. The van der Waals surface area contributed by atoms with Crippen LogP contribution in [0.1, 0.15) is 49.2 Å². The molecule has 1 atom stereocenters. The first-order valence-corrected chi connectivity index (χ1v) is 12.1. The first-order valence-electron chi connectivity index (χ1n) is 10.7. The summed E-state index contributed by atoms with van der Waals surface area (Å²) >= 11 is 0. The van der Waals surface area contributed by atoms with Crippen molar-refractivity contribution >= 4 is 27.6 Å². The molecule has 0 spiro atoms. The third-order valence-electron chi connectivity index (χ3n) is 5.25. The first kappa shape index (κ1) is 23.8. The van der Waals surface area contributed by atoms with E-state index in [2.05, 4.69) is 5.32 Å². The number of esters is 1. The fraction of sp³-hybridized carbons (Fsp3) is 0.417. The van der Waals surface area contributed by atoms with Gasteiger partial charge >= 0.3 is 5.97 Å². The number of nitrogens with one attached hydrogen (secondary N) is 1. The van der Waals surface area contributed by atoms with Crippen LogP contribution in [-0.4, -0.2) is 43.3 Å². The number of hydrogen-bond acceptors (Lipinski definition) is 6. The number of anilines is 1. The van der Waals surface area contributed by atoms with E-state index in [4.69, 9.17) is 4.74 Å². The molecule has 8 heteroatoms. The number of carbonyl (C=O) groups excluding carboxylic acids is 2. The van der Waals surface area contributed by atoms with Gasteiger partial charge in [0.1, 0.15) is 5.60 Å². The molecule has 2 aromatic rings. The van der Waals surface area contributed by atoms with Crippen molar-refractivity contribution in [2.45, 2.75) is 51.5 Å². The van der Waals surface area contributed by atoms with Crippen molar-refractivity contribution in [1.82, 2.24) is 4.31 Å². The van der Waals surface area contributed by atoms with Gasteiger partial charge in [-0.1, -0.05) is 24.6 Å². The number of amides is 1. The molecule has 1 fully saturated rings. The average Bonchev–Trinajstić information content (AvgIpc) is 2.71. The summed E-state index contributed by atoms with van der Waals surface area (Å²) in [6.45, 7) is 9.75. The van der Waals surface area contributed by atoms with Crippen LogP contribution < -0.4 is 5.32 Å². The fourth-order valence-electron chi connectivity index (χ4n) is 3.43. The Hall–Kier alpha value is -2.87. The van der Waals surface area contributed by atoms with Gasteiger partial charge in [-0.15, -0.1) is 0 Å². The summed E-state index contributed by atoms with van der Waals surface area (Å²) in [6, 6.07) is 11.8. The highest BCUT2D eigenvalue weighted by Crippen LogP contribution is 2.28. The number of nitrogens with zero attached hydrogens (tertiary/aromatic N) is 1. The molecule has 1 saturated heterocycles. The lowest BCUT2D eigenvalue weighted by Gasteiger charge is -2.37. The highest BCUT2D eigenvalue weighted by atomic mass is 32.2. The minimum Gasteiger partial charge on any atom is -0.456 e. The molecule has 0 saturated carbocycles. The van der Waals surface area contributed by atoms with Gasteiger partial charge in [-0.05, 0) is 70.0 Å². The Morgan fingerprint density at radius 3 is 2.38 bits per heavy atom. The summed E-state index contributed by atoms with van der Waals surface area (Å²) in [7, 11) is -3.82. The SMILES string of the molecule is CCc1cc(NCC2CN(S(=O)(=O)c3ccc(C)cc3)C2=O)ccc1C(=O)OC(C)(C)C. The number of benzene rings is 2. The van der Waals surface area contributed by atoms with Gasteiger partial charge in [0.05, 0.1) is 22.9 Å². The number of aryl methyl sites for hydroxylation is 2. The fourth-order valence-corrected chi connectivity index (χ4v) is 4.93. The van der Waals surface area contributed by atoms with E-state index in [0.29, 0.717) is 18.5 Å². The van der Waals surface area contributed by atoms with Crippen LogP contribution in [0, 0.1) is 12.8 Å². The van der Waals surface area contributed by atoms with E-state index in [-0.39, 0.29) is 17.4 Å². The molecule has 7 nitrogen and oxygen atoms in total. The molecule has 1 N–H and O–H groups in total. The van der Waals surface area contributed by atoms with Gasteiger partial charge in [-0.2, -0.15) is 0 Å². The van der Waals surface area contributed by atoms with Crippen LogP contribution in [-0.2, 0) is 26.0 Å². The van der Waals surface area contributed by atoms with Gasteiger partial charge in [-0.3, -0.25) is 4.79 Å². The van der Waals surface area contributed by atoms with Gasteiger partial charge in [0.25, 0.3) is 10.0 Å². The molecular formula is C24H30N2O5S. The monoisotopic (exact) mass is 458 g/mol. The predicted molar refractivity (Wildman–Crippen MR) is 123 cm³/mol. The van der Waals surface area contributed by atoms with Gasteiger partial charge < -0.3 is 10.1 Å². The predicted octanol–water partition coefficient (Wildman–Crippen LogP) is 3.77. The molecule has 172 valence electrons. The minimum absolute atomic E-state index is 0.119. The Labute approximate surface area is 189 Å². The number of rotatable bonds is 7. The Balaban J connectivity index is 1.62. The van der Waals surface area contributed by atoms with Crippen molar-refractivity contribution in [3.63, 3.8) is 0 Å². The quantitative estimate of drug-likeness (QED) is 0.502.